The molecule has 2 unspecified atom stereocenters. The zero-order valence-electron chi connectivity index (χ0n) is 11.5. The van der Waals surface area contributed by atoms with Crippen LogP contribution in [0.2, 0.25) is 10.0 Å². The van der Waals surface area contributed by atoms with E-state index >= 15 is 0 Å². The van der Waals surface area contributed by atoms with Crippen molar-refractivity contribution in [3.8, 4) is 0 Å². The summed E-state index contributed by atoms with van der Waals surface area (Å²) in [5, 5.41) is 4.81. The van der Waals surface area contributed by atoms with E-state index in [1.54, 1.807) is 6.07 Å². The lowest BCUT2D eigenvalue weighted by molar-refractivity contribution is 0.268. The summed E-state index contributed by atoms with van der Waals surface area (Å²) >= 11 is 13.7. The monoisotopic (exact) mass is 329 g/mol. The minimum absolute atomic E-state index is 0.423. The smallest absolute Gasteiger partial charge is 0.130 e. The second-order valence-electron chi connectivity index (χ2n) is 5.73. The predicted octanol–water partition coefficient (Wildman–Crippen LogP) is 5.23. The molecule has 0 saturated heterocycles. The average molecular weight is 330 g/mol. The van der Waals surface area contributed by atoms with Crippen LogP contribution in [0.1, 0.15) is 33.1 Å². The summed E-state index contributed by atoms with van der Waals surface area (Å²) in [6, 6.07) is 2.18. The first kappa shape index (κ1) is 14.4. The fraction of sp³-hybridized carbons (Fsp3) is 0.571. The molecule has 3 nitrogen and oxygen atoms in total. The van der Waals surface area contributed by atoms with Crippen molar-refractivity contribution in [1.29, 1.82) is 0 Å². The van der Waals surface area contributed by atoms with E-state index in [0.29, 0.717) is 27.9 Å². The highest BCUT2D eigenvalue weighted by atomic mass is 35.5. The van der Waals surface area contributed by atoms with Gasteiger partial charge in [0.15, 0.2) is 0 Å². The van der Waals surface area contributed by atoms with Crippen molar-refractivity contribution in [1.82, 2.24) is 8.75 Å². The summed E-state index contributed by atoms with van der Waals surface area (Å²) in [5.41, 5.74) is 2.41. The molecule has 2 aromatic rings. The van der Waals surface area contributed by atoms with E-state index in [1.165, 1.54) is 31.0 Å². The Morgan fingerprint density at radius 1 is 1.10 bits per heavy atom. The number of fused-ring (bicyclic) bond motifs is 1. The fourth-order valence-corrected chi connectivity index (χ4v) is 4.31. The van der Waals surface area contributed by atoms with E-state index in [9.17, 15) is 0 Å². The molecule has 1 aromatic heterocycles. The Balaban J connectivity index is 2.00. The standard InChI is InChI=1S/C14H17Cl2N3S/c1-7-4-3-5-8(2)11(7)17-12-9(15)6-10(16)13-14(12)19-20-18-13/h6-8,11,17H,3-5H2,1-2H3. The van der Waals surface area contributed by atoms with Crippen molar-refractivity contribution < 1.29 is 0 Å². The first-order valence-electron chi connectivity index (χ1n) is 6.94. The molecule has 0 spiro atoms. The molecule has 1 N–H and O–H groups in total. The SMILES string of the molecule is CC1CCCC(C)C1Nc1c(Cl)cc(Cl)c2nsnc12. The minimum Gasteiger partial charge on any atom is -0.379 e. The lowest BCUT2D eigenvalue weighted by atomic mass is 9.78. The van der Waals surface area contributed by atoms with Gasteiger partial charge >= 0.3 is 0 Å². The van der Waals surface area contributed by atoms with Gasteiger partial charge in [-0.3, -0.25) is 0 Å². The van der Waals surface area contributed by atoms with Crippen LogP contribution in [0.3, 0.4) is 0 Å². The van der Waals surface area contributed by atoms with Crippen molar-refractivity contribution in [2.45, 2.75) is 39.2 Å². The number of halogens is 2. The van der Waals surface area contributed by atoms with Crippen LogP contribution in [0.4, 0.5) is 5.69 Å². The molecular formula is C14H17Cl2N3S. The van der Waals surface area contributed by atoms with E-state index in [4.69, 9.17) is 23.2 Å². The number of hydrogen-bond donors (Lipinski definition) is 1. The van der Waals surface area contributed by atoms with Gasteiger partial charge in [0, 0.05) is 6.04 Å². The van der Waals surface area contributed by atoms with Crippen molar-refractivity contribution in [3.05, 3.63) is 16.1 Å². The summed E-state index contributed by atoms with van der Waals surface area (Å²) in [7, 11) is 0. The summed E-state index contributed by atoms with van der Waals surface area (Å²) in [5.74, 6) is 1.26. The number of rotatable bonds is 2. The molecule has 1 fully saturated rings. The Kier molecular flexibility index (Phi) is 4.07. The first-order valence-corrected chi connectivity index (χ1v) is 8.43. The van der Waals surface area contributed by atoms with Crippen LogP contribution >= 0.6 is 34.9 Å². The lowest BCUT2D eigenvalue weighted by Gasteiger charge is -2.36. The van der Waals surface area contributed by atoms with E-state index in [-0.39, 0.29) is 0 Å². The molecule has 108 valence electrons. The van der Waals surface area contributed by atoms with Crippen LogP contribution in [-0.4, -0.2) is 14.8 Å². The van der Waals surface area contributed by atoms with Crippen molar-refractivity contribution in [2.24, 2.45) is 11.8 Å². The van der Waals surface area contributed by atoms with Crippen LogP contribution in [0.25, 0.3) is 11.0 Å². The third-order valence-corrected chi connectivity index (χ3v) is 5.41. The second kappa shape index (κ2) is 5.66. The number of benzene rings is 1. The third kappa shape index (κ3) is 2.49. The molecule has 1 aromatic carbocycles. The summed E-state index contributed by atoms with van der Waals surface area (Å²) in [4.78, 5) is 0. The molecule has 0 amide bonds. The molecule has 1 aliphatic carbocycles. The zero-order valence-corrected chi connectivity index (χ0v) is 13.8. The molecule has 0 bridgehead atoms. The molecule has 1 heterocycles. The van der Waals surface area contributed by atoms with Gasteiger partial charge in [-0.05, 0) is 30.7 Å². The normalized spacial score (nSPS) is 26.9. The summed E-state index contributed by atoms with van der Waals surface area (Å²) in [6.07, 6.45) is 3.82. The maximum absolute atomic E-state index is 6.37. The van der Waals surface area contributed by atoms with Gasteiger partial charge in [0.2, 0.25) is 0 Å². The number of aromatic nitrogens is 2. The Hall–Kier alpha value is -0.580. The maximum atomic E-state index is 6.37. The quantitative estimate of drug-likeness (QED) is 0.819. The third-order valence-electron chi connectivity index (χ3n) is 4.30. The number of nitrogens with zero attached hydrogens (tertiary/aromatic N) is 2. The van der Waals surface area contributed by atoms with Gasteiger partial charge in [-0.25, -0.2) is 0 Å². The minimum atomic E-state index is 0.423. The molecular weight excluding hydrogens is 313 g/mol. The van der Waals surface area contributed by atoms with Gasteiger partial charge in [0.1, 0.15) is 11.0 Å². The molecule has 1 aliphatic rings. The summed E-state index contributed by atoms with van der Waals surface area (Å²) in [6.45, 7) is 4.60. The Morgan fingerprint density at radius 2 is 1.75 bits per heavy atom. The van der Waals surface area contributed by atoms with E-state index in [1.807, 2.05) is 0 Å². The Bertz CT molecular complexity index is 618. The molecule has 6 heteroatoms. The highest BCUT2D eigenvalue weighted by Gasteiger charge is 2.29. The highest BCUT2D eigenvalue weighted by Crippen LogP contribution is 2.38. The molecule has 0 radical (unpaired) electrons. The van der Waals surface area contributed by atoms with Crippen molar-refractivity contribution in [2.75, 3.05) is 5.32 Å². The van der Waals surface area contributed by atoms with Crippen LogP contribution in [0.15, 0.2) is 6.07 Å². The number of anilines is 1. The summed E-state index contributed by atoms with van der Waals surface area (Å²) < 4.78 is 8.61. The number of hydrogen-bond acceptors (Lipinski definition) is 4. The van der Waals surface area contributed by atoms with Gasteiger partial charge in [-0.1, -0.05) is 43.5 Å². The van der Waals surface area contributed by atoms with Gasteiger partial charge < -0.3 is 5.32 Å². The van der Waals surface area contributed by atoms with Crippen molar-refractivity contribution >= 4 is 51.7 Å². The second-order valence-corrected chi connectivity index (χ2v) is 7.08. The van der Waals surface area contributed by atoms with Crippen LogP contribution in [-0.2, 0) is 0 Å². The van der Waals surface area contributed by atoms with Crippen LogP contribution < -0.4 is 5.32 Å². The zero-order chi connectivity index (χ0) is 14.3. The van der Waals surface area contributed by atoms with E-state index in [0.717, 1.165) is 16.7 Å². The lowest BCUT2D eigenvalue weighted by Crippen LogP contribution is -2.37. The molecule has 1 saturated carbocycles. The predicted molar refractivity (Wildman–Crippen MR) is 87.0 cm³/mol. The first-order chi connectivity index (χ1) is 9.58. The highest BCUT2D eigenvalue weighted by molar-refractivity contribution is 7.00. The van der Waals surface area contributed by atoms with Gasteiger partial charge in [0.25, 0.3) is 0 Å². The molecule has 20 heavy (non-hydrogen) atoms. The Morgan fingerprint density at radius 3 is 2.45 bits per heavy atom. The topological polar surface area (TPSA) is 37.8 Å². The molecule has 0 aliphatic heterocycles. The number of nitrogens with one attached hydrogen (secondary N) is 1. The molecule has 3 rings (SSSR count). The van der Waals surface area contributed by atoms with Crippen LogP contribution in [0.5, 0.6) is 0 Å². The average Bonchev–Trinajstić information content (AvgIpc) is 2.87. The van der Waals surface area contributed by atoms with E-state index in [2.05, 4.69) is 27.9 Å². The maximum Gasteiger partial charge on any atom is 0.130 e. The van der Waals surface area contributed by atoms with Gasteiger partial charge in [-0.2, -0.15) is 8.75 Å². The van der Waals surface area contributed by atoms with Crippen LogP contribution in [0, 0.1) is 11.8 Å². The Labute approximate surface area is 133 Å². The van der Waals surface area contributed by atoms with Crippen molar-refractivity contribution in [3.63, 3.8) is 0 Å². The van der Waals surface area contributed by atoms with Gasteiger partial charge in [-0.15, -0.1) is 0 Å². The largest absolute Gasteiger partial charge is 0.379 e. The fourth-order valence-electron chi connectivity index (χ4n) is 3.14. The van der Waals surface area contributed by atoms with E-state index < -0.39 is 0 Å². The molecule has 2 atom stereocenters. The van der Waals surface area contributed by atoms with Gasteiger partial charge in [0.05, 0.1) is 27.5 Å².